The number of thioether (sulfide) groups is 1. The Morgan fingerprint density at radius 1 is 1.15 bits per heavy atom. The van der Waals surface area contributed by atoms with Gasteiger partial charge in [0.05, 0.1) is 12.2 Å². The highest BCUT2D eigenvalue weighted by Gasteiger charge is 2.13. The summed E-state index contributed by atoms with van der Waals surface area (Å²) >= 11 is 7.55. The quantitative estimate of drug-likeness (QED) is 0.375. The minimum atomic E-state index is -0.375. The smallest absolute Gasteiger partial charge is 0.338 e. The molecule has 1 N–H and O–H groups in total. The first kappa shape index (κ1) is 20.3. The number of hydrogen-bond acceptors (Lipinski definition) is 4. The van der Waals surface area contributed by atoms with E-state index in [4.69, 9.17) is 16.3 Å². The number of amides is 1. The van der Waals surface area contributed by atoms with E-state index < -0.39 is 0 Å². The van der Waals surface area contributed by atoms with E-state index in [0.29, 0.717) is 29.3 Å². The van der Waals surface area contributed by atoms with Crippen molar-refractivity contribution in [3.05, 3.63) is 58.6 Å². The lowest BCUT2D eigenvalue weighted by molar-refractivity contribution is -0.116. The second kappa shape index (κ2) is 10.2. The topological polar surface area (TPSA) is 55.4 Å². The molecule has 0 saturated carbocycles. The first-order valence-corrected chi connectivity index (χ1v) is 9.82. The number of rotatable bonds is 8. The molecule has 2 aromatic rings. The van der Waals surface area contributed by atoms with E-state index in [2.05, 4.69) is 5.32 Å². The number of nitrogens with one attached hydrogen (secondary N) is 1. The Balaban J connectivity index is 1.83. The first-order valence-electron chi connectivity index (χ1n) is 8.46. The molecule has 0 fully saturated rings. The van der Waals surface area contributed by atoms with Crippen molar-refractivity contribution in [2.45, 2.75) is 31.6 Å². The largest absolute Gasteiger partial charge is 0.462 e. The molecule has 0 bridgehead atoms. The van der Waals surface area contributed by atoms with Gasteiger partial charge in [0.25, 0.3) is 0 Å². The van der Waals surface area contributed by atoms with Gasteiger partial charge in [-0.15, -0.1) is 11.8 Å². The number of halogens is 1. The zero-order chi connectivity index (χ0) is 18.9. The second-order valence-electron chi connectivity index (χ2n) is 5.65. The minimum absolute atomic E-state index is 0.0641. The molecule has 2 aromatic carbocycles. The van der Waals surface area contributed by atoms with Crippen LogP contribution < -0.4 is 5.32 Å². The molecular weight excluding hydrogens is 370 g/mol. The van der Waals surface area contributed by atoms with Gasteiger partial charge in [0.2, 0.25) is 5.91 Å². The lowest BCUT2D eigenvalue weighted by Crippen LogP contribution is -2.14. The van der Waals surface area contributed by atoms with Gasteiger partial charge >= 0.3 is 5.97 Å². The van der Waals surface area contributed by atoms with Gasteiger partial charge in [-0.3, -0.25) is 4.79 Å². The summed E-state index contributed by atoms with van der Waals surface area (Å²) in [5, 5.41) is 3.60. The summed E-state index contributed by atoms with van der Waals surface area (Å²) in [5.41, 5.74) is 1.84. The maximum absolute atomic E-state index is 12.2. The summed E-state index contributed by atoms with van der Waals surface area (Å²) in [6.07, 6.45) is 1.18. The Morgan fingerprint density at radius 3 is 2.58 bits per heavy atom. The van der Waals surface area contributed by atoms with Gasteiger partial charge in [-0.1, -0.05) is 17.7 Å². The summed E-state index contributed by atoms with van der Waals surface area (Å²) in [5.74, 6) is 0.406. The molecule has 6 heteroatoms. The van der Waals surface area contributed by atoms with Crippen LogP contribution in [0, 0.1) is 6.92 Å². The van der Waals surface area contributed by atoms with Gasteiger partial charge in [0.1, 0.15) is 0 Å². The standard InChI is InChI=1S/C20H22ClNO3S/c1-3-25-20(24)17-6-4-7-18(14(17)2)22-19(23)8-5-13-26-16-11-9-15(21)10-12-16/h4,6-7,9-12H,3,5,8,13H2,1-2H3,(H,22,23). The van der Waals surface area contributed by atoms with Crippen LogP contribution in [-0.2, 0) is 9.53 Å². The second-order valence-corrected chi connectivity index (χ2v) is 7.26. The lowest BCUT2D eigenvalue weighted by Gasteiger charge is -2.12. The zero-order valence-electron chi connectivity index (χ0n) is 14.9. The van der Waals surface area contributed by atoms with Crippen LogP contribution in [0.4, 0.5) is 5.69 Å². The van der Waals surface area contributed by atoms with Crippen molar-refractivity contribution < 1.29 is 14.3 Å². The van der Waals surface area contributed by atoms with Gasteiger partial charge in [-0.2, -0.15) is 0 Å². The monoisotopic (exact) mass is 391 g/mol. The van der Waals surface area contributed by atoms with Crippen molar-refractivity contribution in [1.82, 2.24) is 0 Å². The summed E-state index contributed by atoms with van der Waals surface area (Å²) in [7, 11) is 0. The molecule has 0 atom stereocenters. The Hall–Kier alpha value is -1.98. The highest BCUT2D eigenvalue weighted by Crippen LogP contribution is 2.22. The van der Waals surface area contributed by atoms with Crippen molar-refractivity contribution in [3.8, 4) is 0 Å². The summed E-state index contributed by atoms with van der Waals surface area (Å²) in [4.78, 5) is 25.2. The number of esters is 1. The normalized spacial score (nSPS) is 10.4. The van der Waals surface area contributed by atoms with Crippen LogP contribution >= 0.6 is 23.4 Å². The molecule has 2 rings (SSSR count). The van der Waals surface area contributed by atoms with Crippen molar-refractivity contribution >= 4 is 40.9 Å². The molecule has 0 aliphatic rings. The highest BCUT2D eigenvalue weighted by atomic mass is 35.5. The van der Waals surface area contributed by atoms with Crippen molar-refractivity contribution in [2.75, 3.05) is 17.7 Å². The van der Waals surface area contributed by atoms with E-state index in [1.54, 1.807) is 43.8 Å². The van der Waals surface area contributed by atoms with E-state index in [0.717, 1.165) is 22.6 Å². The third-order valence-electron chi connectivity index (χ3n) is 3.73. The van der Waals surface area contributed by atoms with Crippen molar-refractivity contribution in [1.29, 1.82) is 0 Å². The fourth-order valence-electron chi connectivity index (χ4n) is 2.37. The van der Waals surface area contributed by atoms with Crippen LogP contribution in [0.5, 0.6) is 0 Å². The number of hydrogen-bond donors (Lipinski definition) is 1. The van der Waals surface area contributed by atoms with Crippen LogP contribution in [0.15, 0.2) is 47.4 Å². The molecule has 0 saturated heterocycles. The fraction of sp³-hybridized carbons (Fsp3) is 0.300. The molecular formula is C20H22ClNO3S. The molecule has 0 aromatic heterocycles. The van der Waals surface area contributed by atoms with Crippen molar-refractivity contribution in [3.63, 3.8) is 0 Å². The predicted molar refractivity (Wildman–Crippen MR) is 107 cm³/mol. The average Bonchev–Trinajstić information content (AvgIpc) is 2.62. The molecule has 0 aliphatic carbocycles. The highest BCUT2D eigenvalue weighted by molar-refractivity contribution is 7.99. The van der Waals surface area contributed by atoms with Gasteiger partial charge in [-0.05, 0) is 68.0 Å². The molecule has 0 heterocycles. The number of ether oxygens (including phenoxy) is 1. The van der Waals surface area contributed by atoms with Gasteiger partial charge in [0, 0.05) is 22.0 Å². The first-order chi connectivity index (χ1) is 12.5. The number of carbonyl (C=O) groups excluding carboxylic acids is 2. The van der Waals surface area contributed by atoms with E-state index in [9.17, 15) is 9.59 Å². The Kier molecular flexibility index (Phi) is 8.01. The Morgan fingerprint density at radius 2 is 1.88 bits per heavy atom. The molecule has 26 heavy (non-hydrogen) atoms. The van der Waals surface area contributed by atoms with Crippen LogP contribution in [0.1, 0.15) is 35.7 Å². The Labute approximate surface area is 163 Å². The molecule has 0 aliphatic heterocycles. The lowest BCUT2D eigenvalue weighted by atomic mass is 10.1. The third kappa shape index (κ3) is 6.07. The fourth-order valence-corrected chi connectivity index (χ4v) is 3.35. The maximum atomic E-state index is 12.2. The minimum Gasteiger partial charge on any atom is -0.462 e. The third-order valence-corrected chi connectivity index (χ3v) is 5.08. The van der Waals surface area contributed by atoms with E-state index >= 15 is 0 Å². The predicted octanol–water partition coefficient (Wildman–Crippen LogP) is 5.34. The summed E-state index contributed by atoms with van der Waals surface area (Å²) in [6.45, 7) is 3.89. The number of carbonyl (C=O) groups is 2. The molecule has 138 valence electrons. The SMILES string of the molecule is CCOC(=O)c1cccc(NC(=O)CCCSc2ccc(Cl)cc2)c1C. The molecule has 4 nitrogen and oxygen atoms in total. The molecule has 0 spiro atoms. The van der Waals surface area contributed by atoms with Gasteiger partial charge in [0.15, 0.2) is 0 Å². The summed E-state index contributed by atoms with van der Waals surface area (Å²) < 4.78 is 5.03. The Bertz CT molecular complexity index is 762. The number of benzene rings is 2. The van der Waals surface area contributed by atoms with Gasteiger partial charge < -0.3 is 10.1 Å². The van der Waals surface area contributed by atoms with E-state index in [1.165, 1.54) is 0 Å². The number of anilines is 1. The van der Waals surface area contributed by atoms with Crippen LogP contribution in [0.2, 0.25) is 5.02 Å². The zero-order valence-corrected chi connectivity index (χ0v) is 16.5. The molecule has 0 radical (unpaired) electrons. The average molecular weight is 392 g/mol. The van der Waals surface area contributed by atoms with E-state index in [1.807, 2.05) is 24.3 Å². The summed E-state index contributed by atoms with van der Waals surface area (Å²) in [6, 6.07) is 12.9. The van der Waals surface area contributed by atoms with Crippen LogP contribution in [0.3, 0.4) is 0 Å². The molecule has 0 unspecified atom stereocenters. The molecule has 1 amide bonds. The van der Waals surface area contributed by atoms with E-state index in [-0.39, 0.29) is 11.9 Å². The van der Waals surface area contributed by atoms with Crippen molar-refractivity contribution in [2.24, 2.45) is 0 Å². The maximum Gasteiger partial charge on any atom is 0.338 e. The van der Waals surface area contributed by atoms with Crippen LogP contribution in [0.25, 0.3) is 0 Å². The van der Waals surface area contributed by atoms with Gasteiger partial charge in [-0.25, -0.2) is 4.79 Å². The van der Waals surface area contributed by atoms with Crippen LogP contribution in [-0.4, -0.2) is 24.2 Å².